The molecule has 0 radical (unpaired) electrons. The molecule has 2 bridgehead atoms. The van der Waals surface area contributed by atoms with E-state index in [0.29, 0.717) is 21.7 Å². The van der Waals surface area contributed by atoms with Gasteiger partial charge in [-0.1, -0.05) is 48.5 Å². The van der Waals surface area contributed by atoms with Gasteiger partial charge in [0.15, 0.2) is 11.7 Å². The standard InChI is InChI=1S/C46H58N14O9/c1-25-39(63)56-37(21-29-23-49-24-53-29)43(67)57-35(19-27-9-4-3-5-10-27)41(65)55-33(13-8-17-51-45(47)48)40(64)58-36(20-28-22-52-32-12-7-6-11-30(28)32)42(66)54-31(26(2)61)16-18-50-38(62)15-14-34-44(68)60(25)46(69)59-34/h3-7,9-12,22-25,31,33-37,52H,8,13-21H2,1-2H3,(H,49,53)(H,50,62)(H,54,66)(H,55,65)(H,56,63)(H,57,67)(H,58,64)(H,59,69)(H4,47,48,51)/t25-,31+,33+,34+,35-,36+,37+/m1/s1. The second kappa shape index (κ2) is 23.6. The Hall–Kier alpha value is -8.11. The zero-order valence-electron chi connectivity index (χ0n) is 38.2. The van der Waals surface area contributed by atoms with Crippen LogP contribution in [0, 0.1) is 5.41 Å². The Bertz CT molecular complexity index is 2530. The summed E-state index contributed by atoms with van der Waals surface area (Å²) in [6.45, 7) is 2.63. The molecule has 9 amide bonds. The van der Waals surface area contributed by atoms with Gasteiger partial charge in [-0.25, -0.2) is 9.78 Å². The summed E-state index contributed by atoms with van der Waals surface area (Å²) in [7, 11) is 0. The summed E-state index contributed by atoms with van der Waals surface area (Å²) in [5.74, 6) is -6.09. The average Bonchev–Trinajstić information content (AvgIpc) is 4.06. The zero-order chi connectivity index (χ0) is 49.6. The zero-order valence-corrected chi connectivity index (χ0v) is 38.2. The van der Waals surface area contributed by atoms with E-state index in [9.17, 15) is 43.2 Å². The minimum atomic E-state index is -1.43. The third-order valence-electron chi connectivity index (χ3n) is 11.9. The van der Waals surface area contributed by atoms with Crippen LogP contribution in [-0.4, -0.2) is 134 Å². The number of urea groups is 1. The molecule has 6 rings (SSSR count). The number of nitrogens with zero attached hydrogens (tertiary/aromatic N) is 2. The minimum absolute atomic E-state index is 0.0406. The van der Waals surface area contributed by atoms with E-state index in [4.69, 9.17) is 11.1 Å². The van der Waals surface area contributed by atoms with E-state index >= 15 is 0 Å². The first-order valence-corrected chi connectivity index (χ1v) is 22.6. The topological polar surface area (TPSA) is 347 Å². The molecule has 2 aliphatic rings. The molecule has 2 fully saturated rings. The smallest absolute Gasteiger partial charge is 0.325 e. The summed E-state index contributed by atoms with van der Waals surface area (Å²) in [6.07, 6.45) is 3.94. The van der Waals surface area contributed by atoms with Gasteiger partial charge in [0.05, 0.1) is 12.4 Å². The van der Waals surface area contributed by atoms with Crippen LogP contribution < -0.4 is 48.3 Å². The molecule has 2 aliphatic heterocycles. The Morgan fingerprint density at radius 3 is 2.10 bits per heavy atom. The molecule has 69 heavy (non-hydrogen) atoms. The molecule has 0 unspecified atom stereocenters. The number of hydrogen-bond acceptors (Lipinski definition) is 11. The van der Waals surface area contributed by atoms with Crippen LogP contribution in [0.25, 0.3) is 10.9 Å². The quantitative estimate of drug-likeness (QED) is 0.0366. The SMILES string of the molecule is CC(=O)[C@@H]1CCNC(=O)CC[C@@H]2NC(=O)N(C2=O)[C@H](C)C(=O)N[C@@H](Cc2cnc[nH]2)C(=O)N[C@H](Cc2ccccc2)C(=O)N[C@@H](CCCNC(=N)N)C(=O)N[C@@H](Cc2c[nH]c3ccccc23)C(=O)N1. The van der Waals surface area contributed by atoms with Crippen molar-refractivity contribution in [1.29, 1.82) is 5.41 Å². The number of imidazole rings is 1. The lowest BCUT2D eigenvalue weighted by Gasteiger charge is -2.28. The highest BCUT2D eigenvalue weighted by Crippen LogP contribution is 2.20. The highest BCUT2D eigenvalue weighted by Gasteiger charge is 2.44. The normalized spacial score (nSPS) is 23.8. The lowest BCUT2D eigenvalue weighted by Crippen LogP contribution is -2.60. The summed E-state index contributed by atoms with van der Waals surface area (Å²) in [5.41, 5.74) is 7.97. The first kappa shape index (κ1) is 50.3. The molecule has 4 aromatic rings. The van der Waals surface area contributed by atoms with Gasteiger partial charge in [0.25, 0.3) is 5.91 Å². The summed E-state index contributed by atoms with van der Waals surface area (Å²) in [5, 5.41) is 29.8. The third kappa shape index (κ3) is 13.7. The molecule has 7 atom stereocenters. The molecule has 23 nitrogen and oxygen atoms in total. The summed E-state index contributed by atoms with van der Waals surface area (Å²) < 4.78 is 0. The third-order valence-corrected chi connectivity index (χ3v) is 11.9. The van der Waals surface area contributed by atoms with Crippen LogP contribution in [0.5, 0.6) is 0 Å². The largest absolute Gasteiger partial charge is 0.370 e. The van der Waals surface area contributed by atoms with Gasteiger partial charge in [0.1, 0.15) is 36.3 Å². The number of rotatable bonds is 11. The van der Waals surface area contributed by atoms with Crippen LogP contribution in [0.4, 0.5) is 4.79 Å². The fourth-order valence-corrected chi connectivity index (χ4v) is 8.12. The van der Waals surface area contributed by atoms with Gasteiger partial charge in [-0.3, -0.25) is 48.7 Å². The van der Waals surface area contributed by atoms with E-state index in [1.54, 1.807) is 36.5 Å². The molecule has 366 valence electrons. The number of guanidine groups is 1. The summed E-state index contributed by atoms with van der Waals surface area (Å²) >= 11 is 0. The van der Waals surface area contributed by atoms with Crippen LogP contribution in [0.15, 0.2) is 73.3 Å². The van der Waals surface area contributed by atoms with Crippen molar-refractivity contribution < 1.29 is 43.2 Å². The first-order chi connectivity index (χ1) is 33.1. The number of fused-ring (bicyclic) bond motifs is 3. The van der Waals surface area contributed by atoms with E-state index in [1.807, 2.05) is 24.3 Å². The predicted molar refractivity (Wildman–Crippen MR) is 249 cm³/mol. The van der Waals surface area contributed by atoms with E-state index in [0.717, 1.165) is 10.9 Å². The number of ketones is 1. The lowest BCUT2D eigenvalue weighted by atomic mass is 10.0. The van der Waals surface area contributed by atoms with Gasteiger partial charge < -0.3 is 58.2 Å². The molecule has 2 aromatic carbocycles. The number of nitrogens with one attached hydrogen (secondary N) is 11. The number of imide groups is 1. The molecule has 0 aliphatic carbocycles. The Morgan fingerprint density at radius 2 is 1.41 bits per heavy atom. The second-order valence-electron chi connectivity index (χ2n) is 17.0. The van der Waals surface area contributed by atoms with Crippen molar-refractivity contribution in [3.05, 3.63) is 90.1 Å². The number of amides is 9. The van der Waals surface area contributed by atoms with E-state index in [2.05, 4.69) is 57.5 Å². The molecular formula is C46H58N14O9. The minimum Gasteiger partial charge on any atom is -0.370 e. The maximum absolute atomic E-state index is 14.6. The molecule has 0 saturated carbocycles. The number of nitrogens with two attached hydrogens (primary N) is 1. The Kier molecular flexibility index (Phi) is 17.2. The highest BCUT2D eigenvalue weighted by molar-refractivity contribution is 6.08. The van der Waals surface area contributed by atoms with Crippen molar-refractivity contribution >= 4 is 70.0 Å². The average molecular weight is 951 g/mol. The molecule has 13 N–H and O–H groups in total. The number of aromatic amines is 2. The number of carbonyl (C=O) groups excluding carboxylic acids is 9. The van der Waals surface area contributed by atoms with Gasteiger partial charge in [-0.15, -0.1) is 0 Å². The number of benzene rings is 2. The van der Waals surface area contributed by atoms with E-state index in [-0.39, 0.29) is 70.4 Å². The molecular weight excluding hydrogens is 893 g/mol. The first-order valence-electron chi connectivity index (χ1n) is 22.6. The van der Waals surface area contributed by atoms with Crippen molar-refractivity contribution in [2.75, 3.05) is 13.1 Å². The summed E-state index contributed by atoms with van der Waals surface area (Å²) in [6, 6.07) is 6.02. The molecule has 0 spiro atoms. The Morgan fingerprint density at radius 1 is 0.768 bits per heavy atom. The number of para-hydroxylation sites is 1. The van der Waals surface area contributed by atoms with Crippen molar-refractivity contribution in [3.63, 3.8) is 0 Å². The monoisotopic (exact) mass is 950 g/mol. The van der Waals surface area contributed by atoms with Gasteiger partial charge in [0, 0.05) is 67.8 Å². The molecule has 4 heterocycles. The summed E-state index contributed by atoms with van der Waals surface area (Å²) in [4.78, 5) is 135. The number of Topliss-reactive ketones (excluding diaryl/α,β-unsaturated/α-hetero) is 1. The predicted octanol–water partition coefficient (Wildman–Crippen LogP) is -1.20. The molecule has 2 saturated heterocycles. The van der Waals surface area contributed by atoms with Gasteiger partial charge >= 0.3 is 6.03 Å². The lowest BCUT2D eigenvalue weighted by molar-refractivity contribution is -0.137. The van der Waals surface area contributed by atoms with E-state index in [1.165, 1.54) is 26.4 Å². The van der Waals surface area contributed by atoms with Crippen LogP contribution in [-0.2, 0) is 57.6 Å². The van der Waals surface area contributed by atoms with Gasteiger partial charge in [0.2, 0.25) is 35.4 Å². The van der Waals surface area contributed by atoms with Crippen LogP contribution in [0.3, 0.4) is 0 Å². The maximum Gasteiger partial charge on any atom is 0.325 e. The Labute approximate surface area is 396 Å². The fraction of sp³-hybridized carbons (Fsp3) is 0.413. The molecule has 23 heteroatoms. The second-order valence-corrected chi connectivity index (χ2v) is 17.0. The van der Waals surface area contributed by atoms with Crippen molar-refractivity contribution in [2.45, 2.75) is 108 Å². The number of aromatic nitrogens is 3. The van der Waals surface area contributed by atoms with Gasteiger partial charge in [-0.05, 0) is 56.7 Å². The molecule has 2 aromatic heterocycles. The number of carbonyl (C=O) groups is 9. The van der Waals surface area contributed by atoms with Crippen LogP contribution >= 0.6 is 0 Å². The van der Waals surface area contributed by atoms with Crippen LogP contribution in [0.1, 0.15) is 62.8 Å². The number of H-pyrrole nitrogens is 2. The highest BCUT2D eigenvalue weighted by atomic mass is 16.2. The Balaban J connectivity index is 1.36. The van der Waals surface area contributed by atoms with Crippen LogP contribution in [0.2, 0.25) is 0 Å². The van der Waals surface area contributed by atoms with Gasteiger partial charge in [-0.2, -0.15) is 0 Å². The van der Waals surface area contributed by atoms with Crippen molar-refractivity contribution in [1.82, 2.24) is 62.4 Å². The van der Waals surface area contributed by atoms with Crippen molar-refractivity contribution in [3.8, 4) is 0 Å². The maximum atomic E-state index is 14.6. The van der Waals surface area contributed by atoms with E-state index < -0.39 is 95.5 Å². The fourth-order valence-electron chi connectivity index (χ4n) is 8.12. The number of hydrogen-bond donors (Lipinski definition) is 12. The van der Waals surface area contributed by atoms with Crippen molar-refractivity contribution in [2.24, 2.45) is 5.73 Å².